The Morgan fingerprint density at radius 3 is 2.69 bits per heavy atom. The summed E-state index contributed by atoms with van der Waals surface area (Å²) in [5, 5.41) is 1.88. The molecule has 0 aliphatic heterocycles. The fourth-order valence-electron chi connectivity index (χ4n) is 3.34. The average molecular weight is 389 g/mol. The predicted octanol–water partition coefficient (Wildman–Crippen LogP) is 3.67. The van der Waals surface area contributed by atoms with Crippen LogP contribution in [0.25, 0.3) is 10.9 Å². The minimum atomic E-state index is -3.54. The maximum atomic E-state index is 14.0. The second-order valence-corrected chi connectivity index (χ2v) is 9.37. The molecule has 0 radical (unpaired) electrons. The molecular formula is C19H18ClN2O3P. The molecule has 1 aliphatic carbocycles. The lowest BCUT2D eigenvalue weighted by molar-refractivity contribution is 0.0997. The van der Waals surface area contributed by atoms with Gasteiger partial charge in [-0.15, -0.1) is 0 Å². The van der Waals surface area contributed by atoms with Crippen LogP contribution in [0.5, 0.6) is 0 Å². The van der Waals surface area contributed by atoms with Gasteiger partial charge in [0.25, 0.3) is 13.3 Å². The molecule has 1 aromatic heterocycles. The number of carbonyl (C=O) groups is 1. The Hall–Kier alpha value is -2.07. The Bertz CT molecular complexity index is 1070. The molecule has 1 atom stereocenters. The number of nitrogens with one attached hydrogen (secondary N) is 1. The average Bonchev–Trinajstić information content (AvgIpc) is 3.41. The topological polar surface area (TPSA) is 85.2 Å². The Labute approximate surface area is 155 Å². The molecule has 4 rings (SSSR count). The van der Waals surface area contributed by atoms with E-state index < -0.39 is 13.3 Å². The van der Waals surface area contributed by atoms with Gasteiger partial charge >= 0.3 is 0 Å². The Kier molecular flexibility index (Phi) is 4.19. The van der Waals surface area contributed by atoms with Crippen LogP contribution in [0.2, 0.25) is 5.02 Å². The van der Waals surface area contributed by atoms with Gasteiger partial charge in [-0.05, 0) is 54.7 Å². The zero-order valence-corrected chi connectivity index (χ0v) is 15.8. The largest absolute Gasteiger partial charge is 0.364 e. The molecule has 1 heterocycles. The fraction of sp³-hybridized carbons (Fsp3) is 0.211. The molecule has 7 heteroatoms. The lowest BCUT2D eigenvalue weighted by atomic mass is 10.1. The highest BCUT2D eigenvalue weighted by Gasteiger charge is 2.36. The molecule has 5 nitrogen and oxygen atoms in total. The van der Waals surface area contributed by atoms with Crippen LogP contribution in [0.15, 0.2) is 42.5 Å². The van der Waals surface area contributed by atoms with Crippen molar-refractivity contribution < 1.29 is 13.9 Å². The molecule has 0 spiro atoms. The zero-order valence-electron chi connectivity index (χ0n) is 14.2. The van der Waals surface area contributed by atoms with Crippen molar-refractivity contribution in [3.63, 3.8) is 0 Å². The number of fused-ring (bicyclic) bond motifs is 1. The first kappa shape index (κ1) is 17.3. The van der Waals surface area contributed by atoms with E-state index in [0.29, 0.717) is 27.1 Å². The summed E-state index contributed by atoms with van der Waals surface area (Å²) in [5.41, 5.74) is 7.41. The summed E-state index contributed by atoms with van der Waals surface area (Å²) in [6.07, 6.45) is 2.27. The second-order valence-electron chi connectivity index (χ2n) is 6.51. The van der Waals surface area contributed by atoms with Crippen LogP contribution in [0.1, 0.15) is 34.8 Å². The third-order valence-electron chi connectivity index (χ3n) is 4.79. The molecule has 1 fully saturated rings. The van der Waals surface area contributed by atoms with Crippen LogP contribution in [-0.2, 0) is 9.09 Å². The number of hydrogen-bond donors (Lipinski definition) is 2. The molecule has 26 heavy (non-hydrogen) atoms. The maximum Gasteiger partial charge on any atom is 0.266 e. The van der Waals surface area contributed by atoms with Crippen molar-refractivity contribution in [1.82, 2.24) is 4.98 Å². The van der Waals surface area contributed by atoms with Crippen LogP contribution in [0.3, 0.4) is 0 Å². The molecule has 1 aliphatic rings. The first-order valence-corrected chi connectivity index (χ1v) is 10.3. The van der Waals surface area contributed by atoms with E-state index in [1.165, 1.54) is 7.11 Å². The first-order chi connectivity index (χ1) is 12.4. The van der Waals surface area contributed by atoms with Crippen molar-refractivity contribution >= 4 is 46.4 Å². The van der Waals surface area contributed by atoms with E-state index in [4.69, 9.17) is 21.9 Å². The van der Waals surface area contributed by atoms with Crippen molar-refractivity contribution in [3.8, 4) is 0 Å². The molecule has 134 valence electrons. The third-order valence-corrected chi connectivity index (χ3v) is 7.55. The zero-order chi connectivity index (χ0) is 18.5. The number of rotatable bonds is 5. The summed E-state index contributed by atoms with van der Waals surface area (Å²) in [6, 6.07) is 12.7. The molecule has 0 bridgehead atoms. The predicted molar refractivity (Wildman–Crippen MR) is 104 cm³/mol. The maximum absolute atomic E-state index is 14.0. The van der Waals surface area contributed by atoms with Crippen molar-refractivity contribution in [2.24, 2.45) is 5.73 Å². The molecular weight excluding hydrogens is 371 g/mol. The van der Waals surface area contributed by atoms with Crippen molar-refractivity contribution in [3.05, 3.63) is 58.7 Å². The van der Waals surface area contributed by atoms with Gasteiger partial charge in [0, 0.05) is 28.3 Å². The monoisotopic (exact) mass is 388 g/mol. The summed E-state index contributed by atoms with van der Waals surface area (Å²) >= 11 is 6.13. The number of halogens is 1. The second kappa shape index (κ2) is 6.27. The van der Waals surface area contributed by atoms with E-state index >= 15 is 0 Å². The Morgan fingerprint density at radius 1 is 1.27 bits per heavy atom. The van der Waals surface area contributed by atoms with Crippen LogP contribution in [0, 0.1) is 0 Å². The van der Waals surface area contributed by atoms with Gasteiger partial charge in [-0.2, -0.15) is 0 Å². The summed E-state index contributed by atoms with van der Waals surface area (Å²) in [7, 11) is -2.16. The van der Waals surface area contributed by atoms with Crippen molar-refractivity contribution in [1.29, 1.82) is 0 Å². The summed E-state index contributed by atoms with van der Waals surface area (Å²) < 4.78 is 19.5. The quantitative estimate of drug-likeness (QED) is 0.654. The number of benzene rings is 2. The fourth-order valence-corrected chi connectivity index (χ4v) is 5.73. The molecule has 0 saturated heterocycles. The highest BCUT2D eigenvalue weighted by Crippen LogP contribution is 2.48. The van der Waals surface area contributed by atoms with Gasteiger partial charge in [0.15, 0.2) is 0 Å². The molecule has 1 saturated carbocycles. The van der Waals surface area contributed by atoms with Gasteiger partial charge < -0.3 is 15.2 Å². The van der Waals surface area contributed by atoms with Crippen molar-refractivity contribution in [2.75, 3.05) is 7.11 Å². The number of amides is 1. The number of aromatic nitrogens is 1. The summed E-state index contributed by atoms with van der Waals surface area (Å²) in [6.45, 7) is 0. The third kappa shape index (κ3) is 2.77. The van der Waals surface area contributed by atoms with Crippen LogP contribution >= 0.6 is 19.0 Å². The smallest absolute Gasteiger partial charge is 0.266 e. The summed E-state index contributed by atoms with van der Waals surface area (Å²) in [5.74, 6) is -0.184. The normalized spacial score (nSPS) is 16.5. The van der Waals surface area contributed by atoms with E-state index in [1.54, 1.807) is 24.3 Å². The number of hydrogen-bond acceptors (Lipinski definition) is 3. The van der Waals surface area contributed by atoms with Gasteiger partial charge in [-0.1, -0.05) is 23.7 Å². The number of primary amides is 1. The number of carbonyl (C=O) groups excluding carboxylic acids is 1. The lowest BCUT2D eigenvalue weighted by Gasteiger charge is -2.18. The number of nitrogens with two attached hydrogens (primary N) is 1. The lowest BCUT2D eigenvalue weighted by Crippen LogP contribution is -2.26. The highest BCUT2D eigenvalue weighted by molar-refractivity contribution is 7.75. The molecule has 1 unspecified atom stereocenters. The molecule has 3 aromatic rings. The molecule has 3 N–H and O–H groups in total. The van der Waals surface area contributed by atoms with E-state index in [1.807, 2.05) is 18.2 Å². The van der Waals surface area contributed by atoms with Crippen molar-refractivity contribution in [2.45, 2.75) is 18.8 Å². The van der Waals surface area contributed by atoms with E-state index in [0.717, 1.165) is 18.4 Å². The standard InChI is InChI=1S/C19H18ClN2O3P/c1-25-26(24,14-4-2-3-12(9-14)11-5-6-11)18-15-10-13(20)7-8-16(15)22-17(18)19(21)23/h2-4,7-11,22H,5-6H2,1H3,(H2,21,23). The van der Waals surface area contributed by atoms with Gasteiger partial charge in [0.1, 0.15) is 5.69 Å². The minimum absolute atomic E-state index is 0.0873. The van der Waals surface area contributed by atoms with Gasteiger partial charge in [0.2, 0.25) is 0 Å². The van der Waals surface area contributed by atoms with Gasteiger partial charge in [-0.3, -0.25) is 9.36 Å². The number of H-pyrrole nitrogens is 1. The Balaban J connectivity index is 2.00. The van der Waals surface area contributed by atoms with Crippen LogP contribution in [0.4, 0.5) is 0 Å². The van der Waals surface area contributed by atoms with Gasteiger partial charge in [0.05, 0.1) is 5.30 Å². The molecule has 2 aromatic carbocycles. The molecule has 1 amide bonds. The summed E-state index contributed by atoms with van der Waals surface area (Å²) in [4.78, 5) is 15.0. The highest BCUT2D eigenvalue weighted by atomic mass is 35.5. The van der Waals surface area contributed by atoms with Crippen LogP contribution in [-0.4, -0.2) is 18.0 Å². The van der Waals surface area contributed by atoms with Crippen LogP contribution < -0.4 is 16.3 Å². The number of aromatic amines is 1. The first-order valence-electron chi connectivity index (χ1n) is 8.32. The van der Waals surface area contributed by atoms with E-state index in [2.05, 4.69) is 4.98 Å². The Morgan fingerprint density at radius 2 is 2.04 bits per heavy atom. The van der Waals surface area contributed by atoms with E-state index in [-0.39, 0.29) is 11.0 Å². The SMILES string of the molecule is COP(=O)(c1cccc(C2CC2)c1)c1c(C(N)=O)[nH]c2ccc(Cl)cc12. The van der Waals surface area contributed by atoms with Gasteiger partial charge in [-0.25, -0.2) is 0 Å². The minimum Gasteiger partial charge on any atom is -0.364 e. The van der Waals surface area contributed by atoms with E-state index in [9.17, 15) is 9.36 Å².